The second-order valence-corrected chi connectivity index (χ2v) is 8.44. The van der Waals surface area contributed by atoms with Gasteiger partial charge in [-0.15, -0.1) is 0 Å². The second-order valence-electron chi connectivity index (χ2n) is 6.35. The molecule has 0 aliphatic carbocycles. The van der Waals surface area contributed by atoms with Crippen molar-refractivity contribution in [2.24, 2.45) is 0 Å². The summed E-state index contributed by atoms with van der Waals surface area (Å²) in [5, 5.41) is 6.76. The molecule has 0 aliphatic rings. The van der Waals surface area contributed by atoms with Gasteiger partial charge in [0.05, 0.1) is 4.90 Å². The summed E-state index contributed by atoms with van der Waals surface area (Å²) < 4.78 is 27.0. The first-order valence-electron chi connectivity index (χ1n) is 9.46. The minimum Gasteiger partial charge on any atom is -0.362 e. The average Bonchev–Trinajstić information content (AvgIpc) is 2.68. The van der Waals surface area contributed by atoms with E-state index in [9.17, 15) is 8.42 Å². The third kappa shape index (κ3) is 7.77. The van der Waals surface area contributed by atoms with Gasteiger partial charge in [-0.25, -0.2) is 23.1 Å². The van der Waals surface area contributed by atoms with E-state index in [1.165, 1.54) is 56.6 Å². The predicted octanol–water partition coefficient (Wildman–Crippen LogP) is 3.92. The molecule has 0 saturated carbocycles. The fraction of sp³-hybridized carbons (Fsp3) is 0.421. The molecule has 2 rings (SSSR count). The summed E-state index contributed by atoms with van der Waals surface area (Å²) in [7, 11) is -3.74. The van der Waals surface area contributed by atoms with Crippen molar-refractivity contribution < 1.29 is 8.42 Å². The summed E-state index contributed by atoms with van der Waals surface area (Å²) in [6, 6.07) is 7.95. The largest absolute Gasteiger partial charge is 0.362 e. The van der Waals surface area contributed by atoms with E-state index in [0.29, 0.717) is 5.11 Å². The summed E-state index contributed by atoms with van der Waals surface area (Å²) in [6.45, 7) is 3.03. The number of hydrogen-bond donors (Lipinski definition) is 3. The highest BCUT2D eigenvalue weighted by Gasteiger charge is 2.15. The molecule has 0 atom stereocenters. The number of hydrogen-bond acceptors (Lipinski definition) is 5. The van der Waals surface area contributed by atoms with Gasteiger partial charge in [0.2, 0.25) is 5.95 Å². The Morgan fingerprint density at radius 3 is 2.32 bits per heavy atom. The number of thiocarbonyl (C=S) groups is 1. The summed E-state index contributed by atoms with van der Waals surface area (Å²) >= 11 is 5.28. The van der Waals surface area contributed by atoms with Crippen LogP contribution in [0.15, 0.2) is 47.6 Å². The van der Waals surface area contributed by atoms with Gasteiger partial charge in [0.25, 0.3) is 10.0 Å². The molecule has 1 heterocycles. The molecule has 0 spiro atoms. The van der Waals surface area contributed by atoms with Crippen LogP contribution in [0.3, 0.4) is 0 Å². The first-order chi connectivity index (χ1) is 13.5. The molecule has 1 aromatic carbocycles. The Hall–Kier alpha value is -2.26. The van der Waals surface area contributed by atoms with E-state index in [1.807, 2.05) is 0 Å². The maximum Gasteiger partial charge on any atom is 0.264 e. The molecular weight excluding hydrogens is 394 g/mol. The van der Waals surface area contributed by atoms with E-state index in [-0.39, 0.29) is 10.8 Å². The third-order valence-electron chi connectivity index (χ3n) is 4.03. The van der Waals surface area contributed by atoms with Gasteiger partial charge in [-0.1, -0.05) is 39.0 Å². The summed E-state index contributed by atoms with van der Waals surface area (Å²) in [5.74, 6) is 0.0322. The van der Waals surface area contributed by atoms with Gasteiger partial charge in [0.15, 0.2) is 5.11 Å². The highest BCUT2D eigenvalue weighted by Crippen LogP contribution is 2.16. The molecule has 0 fully saturated rings. The second kappa shape index (κ2) is 11.6. The van der Waals surface area contributed by atoms with Crippen molar-refractivity contribution in [3.05, 3.63) is 42.7 Å². The van der Waals surface area contributed by atoms with Crippen LogP contribution in [0, 0.1) is 0 Å². The molecule has 0 bridgehead atoms. The predicted molar refractivity (Wildman–Crippen MR) is 117 cm³/mol. The molecule has 152 valence electrons. The first kappa shape index (κ1) is 22.0. The summed E-state index contributed by atoms with van der Waals surface area (Å²) in [6.07, 6.45) is 10.3. The highest BCUT2D eigenvalue weighted by molar-refractivity contribution is 7.92. The van der Waals surface area contributed by atoms with E-state index in [1.54, 1.807) is 18.2 Å². The summed E-state index contributed by atoms with van der Waals surface area (Å²) in [4.78, 5) is 7.85. The van der Waals surface area contributed by atoms with Crippen LogP contribution < -0.4 is 15.4 Å². The number of rotatable bonds is 11. The number of nitrogens with one attached hydrogen (secondary N) is 3. The van der Waals surface area contributed by atoms with Crippen LogP contribution in [0.1, 0.15) is 45.4 Å². The Balaban J connectivity index is 1.78. The van der Waals surface area contributed by atoms with Crippen LogP contribution in [-0.2, 0) is 10.0 Å². The van der Waals surface area contributed by atoms with Crippen molar-refractivity contribution in [3.63, 3.8) is 0 Å². The maximum absolute atomic E-state index is 12.4. The van der Waals surface area contributed by atoms with Gasteiger partial charge in [0, 0.05) is 24.6 Å². The lowest BCUT2D eigenvalue weighted by molar-refractivity contribution is 0.601. The molecule has 0 unspecified atom stereocenters. The van der Waals surface area contributed by atoms with Crippen LogP contribution >= 0.6 is 12.2 Å². The molecule has 2 aromatic rings. The van der Waals surface area contributed by atoms with Crippen molar-refractivity contribution in [2.75, 3.05) is 16.6 Å². The number of nitrogens with zero attached hydrogens (tertiary/aromatic N) is 2. The Morgan fingerprint density at radius 2 is 1.64 bits per heavy atom. The Morgan fingerprint density at radius 1 is 1.00 bits per heavy atom. The zero-order chi connectivity index (χ0) is 20.2. The van der Waals surface area contributed by atoms with E-state index in [0.717, 1.165) is 18.7 Å². The number of aromatic nitrogens is 2. The van der Waals surface area contributed by atoms with Crippen LogP contribution in [-0.4, -0.2) is 30.0 Å². The standard InChI is InChI=1S/C19H27N5O2S2/c1-2-3-4-5-6-7-13-22-19(27)23-16-9-11-17(12-10-16)28(25,26)24-18-20-14-8-15-21-18/h8-12,14-15H,2-7,13H2,1H3,(H,20,21,24)(H2,22,23,27). The Labute approximate surface area is 172 Å². The quantitative estimate of drug-likeness (QED) is 0.374. The molecule has 0 amide bonds. The van der Waals surface area contributed by atoms with E-state index >= 15 is 0 Å². The minimum atomic E-state index is -3.74. The van der Waals surface area contributed by atoms with Gasteiger partial charge in [0.1, 0.15) is 0 Å². The molecule has 7 nitrogen and oxygen atoms in total. The van der Waals surface area contributed by atoms with Gasteiger partial charge in [-0.05, 0) is 49.0 Å². The van der Waals surface area contributed by atoms with Gasteiger partial charge in [-0.3, -0.25) is 0 Å². The molecule has 3 N–H and O–H groups in total. The lowest BCUT2D eigenvalue weighted by atomic mass is 10.1. The van der Waals surface area contributed by atoms with Crippen molar-refractivity contribution in [3.8, 4) is 0 Å². The number of anilines is 2. The SMILES string of the molecule is CCCCCCCCNC(=S)Nc1ccc(S(=O)(=O)Nc2ncccn2)cc1. The Bertz CT molecular complexity index is 827. The zero-order valence-electron chi connectivity index (χ0n) is 16.0. The molecule has 28 heavy (non-hydrogen) atoms. The smallest absolute Gasteiger partial charge is 0.264 e. The molecule has 0 saturated heterocycles. The Kier molecular flexibility index (Phi) is 9.09. The van der Waals surface area contributed by atoms with Gasteiger partial charge >= 0.3 is 0 Å². The van der Waals surface area contributed by atoms with Crippen LogP contribution in [0.4, 0.5) is 11.6 Å². The van der Waals surface area contributed by atoms with Crippen molar-refractivity contribution in [2.45, 2.75) is 50.3 Å². The monoisotopic (exact) mass is 421 g/mol. The van der Waals surface area contributed by atoms with E-state index in [4.69, 9.17) is 12.2 Å². The van der Waals surface area contributed by atoms with Crippen molar-refractivity contribution in [1.29, 1.82) is 0 Å². The number of benzene rings is 1. The van der Waals surface area contributed by atoms with E-state index in [2.05, 4.69) is 32.2 Å². The van der Waals surface area contributed by atoms with Crippen LogP contribution in [0.25, 0.3) is 0 Å². The average molecular weight is 422 g/mol. The van der Waals surface area contributed by atoms with Crippen molar-refractivity contribution in [1.82, 2.24) is 15.3 Å². The van der Waals surface area contributed by atoms with E-state index < -0.39 is 10.0 Å². The first-order valence-corrected chi connectivity index (χ1v) is 11.3. The lowest BCUT2D eigenvalue weighted by Gasteiger charge is -2.11. The topological polar surface area (TPSA) is 96.0 Å². The number of sulfonamides is 1. The molecule has 9 heteroatoms. The fourth-order valence-corrected chi connectivity index (χ4v) is 3.71. The molecule has 0 radical (unpaired) electrons. The van der Waals surface area contributed by atoms with Gasteiger partial charge < -0.3 is 10.6 Å². The van der Waals surface area contributed by atoms with Gasteiger partial charge in [-0.2, -0.15) is 0 Å². The van der Waals surface area contributed by atoms with Crippen molar-refractivity contribution >= 4 is 39.0 Å². The van der Waals surface area contributed by atoms with Crippen LogP contribution in [0.2, 0.25) is 0 Å². The molecular formula is C19H27N5O2S2. The van der Waals surface area contributed by atoms with Crippen LogP contribution in [0.5, 0.6) is 0 Å². The maximum atomic E-state index is 12.4. The normalized spacial score (nSPS) is 11.0. The lowest BCUT2D eigenvalue weighted by Crippen LogP contribution is -2.29. The summed E-state index contributed by atoms with van der Waals surface area (Å²) in [5.41, 5.74) is 0.718. The highest BCUT2D eigenvalue weighted by atomic mass is 32.2. The molecule has 0 aliphatic heterocycles. The fourth-order valence-electron chi connectivity index (χ4n) is 2.53. The molecule has 1 aromatic heterocycles. The minimum absolute atomic E-state index is 0.0322. The zero-order valence-corrected chi connectivity index (χ0v) is 17.7. The number of unbranched alkanes of at least 4 members (excludes halogenated alkanes) is 5. The third-order valence-corrected chi connectivity index (χ3v) is 5.62.